The lowest BCUT2D eigenvalue weighted by atomic mass is 10.4. The maximum atomic E-state index is 11.6. The molecule has 1 N–H and O–H groups in total. The van der Waals surface area contributed by atoms with Crippen molar-refractivity contribution in [3.05, 3.63) is 33.2 Å². The average Bonchev–Trinajstić information content (AvgIpc) is 2.75. The number of halogens is 1. The fourth-order valence-corrected chi connectivity index (χ4v) is 2.00. The number of hydrogen-bond donors (Lipinski definition) is 1. The first-order valence-electron chi connectivity index (χ1n) is 4.14. The summed E-state index contributed by atoms with van der Waals surface area (Å²) in [6, 6.07) is 3.25. The maximum absolute atomic E-state index is 11.6. The van der Waals surface area contributed by atoms with E-state index in [0.29, 0.717) is 21.5 Å². The first-order valence-corrected chi connectivity index (χ1v) is 5.39. The van der Waals surface area contributed by atoms with Crippen LogP contribution >= 0.6 is 22.9 Å². The van der Waals surface area contributed by atoms with Gasteiger partial charge in [0.2, 0.25) is 0 Å². The van der Waals surface area contributed by atoms with Crippen molar-refractivity contribution in [2.75, 3.05) is 5.32 Å². The molecule has 15 heavy (non-hydrogen) atoms. The molecule has 0 fully saturated rings. The Morgan fingerprint density at radius 3 is 2.93 bits per heavy atom. The topological polar surface area (TPSA) is 55.1 Å². The smallest absolute Gasteiger partial charge is 0.267 e. The van der Waals surface area contributed by atoms with Crippen LogP contribution in [-0.4, -0.2) is 11.1 Å². The van der Waals surface area contributed by atoms with Gasteiger partial charge in [-0.2, -0.15) is 0 Å². The first-order chi connectivity index (χ1) is 7.15. The van der Waals surface area contributed by atoms with E-state index in [1.54, 1.807) is 24.4 Å². The molecule has 6 heteroatoms. The molecular weight excluding hydrogens is 236 g/mol. The van der Waals surface area contributed by atoms with Gasteiger partial charge < -0.3 is 9.84 Å². The number of aryl methyl sites for hydroxylation is 1. The molecule has 0 aromatic carbocycles. The summed E-state index contributed by atoms with van der Waals surface area (Å²) in [4.78, 5) is 12.1. The minimum Gasteiger partial charge on any atom is -0.360 e. The van der Waals surface area contributed by atoms with Crippen LogP contribution in [0.4, 0.5) is 5.82 Å². The molecule has 2 aromatic heterocycles. The summed E-state index contributed by atoms with van der Waals surface area (Å²) < 4.78 is 4.82. The van der Waals surface area contributed by atoms with Gasteiger partial charge in [0.25, 0.3) is 5.91 Å². The molecule has 0 aliphatic carbocycles. The highest BCUT2D eigenvalue weighted by molar-refractivity contribution is 7.12. The van der Waals surface area contributed by atoms with Crippen molar-refractivity contribution in [3.63, 3.8) is 0 Å². The molecule has 0 saturated heterocycles. The van der Waals surface area contributed by atoms with Gasteiger partial charge in [0, 0.05) is 11.4 Å². The largest absolute Gasteiger partial charge is 0.360 e. The van der Waals surface area contributed by atoms with Crippen molar-refractivity contribution in [3.8, 4) is 0 Å². The monoisotopic (exact) mass is 242 g/mol. The lowest BCUT2D eigenvalue weighted by Crippen LogP contribution is -2.10. The Bertz CT molecular complexity index is 492. The lowest BCUT2D eigenvalue weighted by molar-refractivity contribution is 0.102. The zero-order chi connectivity index (χ0) is 10.8. The molecule has 0 atom stereocenters. The summed E-state index contributed by atoms with van der Waals surface area (Å²) in [5.41, 5.74) is 0. The summed E-state index contributed by atoms with van der Waals surface area (Å²) in [5.74, 6) is 0.816. The van der Waals surface area contributed by atoms with Crippen molar-refractivity contribution >= 4 is 34.7 Å². The van der Waals surface area contributed by atoms with E-state index >= 15 is 0 Å². The van der Waals surface area contributed by atoms with Gasteiger partial charge in [0.05, 0.1) is 9.90 Å². The van der Waals surface area contributed by atoms with Gasteiger partial charge in [-0.3, -0.25) is 4.79 Å². The Hall–Kier alpha value is -1.33. The molecular formula is C9H7ClN2O2S. The van der Waals surface area contributed by atoms with Crippen LogP contribution in [0.25, 0.3) is 0 Å². The summed E-state index contributed by atoms with van der Waals surface area (Å²) in [6.45, 7) is 1.75. The van der Waals surface area contributed by atoms with E-state index in [9.17, 15) is 4.79 Å². The third-order valence-electron chi connectivity index (χ3n) is 1.66. The number of aromatic nitrogens is 1. The van der Waals surface area contributed by atoms with Gasteiger partial charge in [0.1, 0.15) is 5.76 Å². The predicted molar refractivity (Wildman–Crippen MR) is 58.5 cm³/mol. The third kappa shape index (κ3) is 2.37. The molecule has 1 amide bonds. The molecule has 2 aromatic rings. The summed E-state index contributed by atoms with van der Waals surface area (Å²) in [7, 11) is 0. The number of hydrogen-bond acceptors (Lipinski definition) is 4. The molecule has 0 aliphatic heterocycles. The standard InChI is InChI=1S/C9H7ClN2O2S/c1-5-2-8(12-14-5)11-9(13)7-3-6(10)4-15-7/h2-4H,1H3,(H,11,12,13). The fraction of sp³-hybridized carbons (Fsp3) is 0.111. The van der Waals surface area contributed by atoms with Crippen molar-refractivity contribution < 1.29 is 9.32 Å². The molecule has 78 valence electrons. The van der Waals surface area contributed by atoms with E-state index in [1.165, 1.54) is 11.3 Å². The minimum atomic E-state index is -0.236. The van der Waals surface area contributed by atoms with E-state index in [0.717, 1.165) is 0 Å². The molecule has 4 nitrogen and oxygen atoms in total. The normalized spacial score (nSPS) is 10.3. The summed E-state index contributed by atoms with van der Waals surface area (Å²) in [5, 5.41) is 8.51. The Kier molecular flexibility index (Phi) is 2.75. The van der Waals surface area contributed by atoms with E-state index in [1.807, 2.05) is 0 Å². The van der Waals surface area contributed by atoms with E-state index in [-0.39, 0.29) is 5.91 Å². The van der Waals surface area contributed by atoms with Crippen LogP contribution in [-0.2, 0) is 0 Å². The lowest BCUT2D eigenvalue weighted by Gasteiger charge is -1.96. The quantitative estimate of drug-likeness (QED) is 0.881. The van der Waals surface area contributed by atoms with Crippen LogP contribution in [0.2, 0.25) is 5.02 Å². The van der Waals surface area contributed by atoms with E-state index in [2.05, 4.69) is 10.5 Å². The Balaban J connectivity index is 2.10. The van der Waals surface area contributed by atoms with Gasteiger partial charge in [-0.1, -0.05) is 16.8 Å². The van der Waals surface area contributed by atoms with E-state index < -0.39 is 0 Å². The third-order valence-corrected chi connectivity index (χ3v) is 2.94. The predicted octanol–water partition coefficient (Wildman–Crippen LogP) is 2.95. The fourth-order valence-electron chi connectivity index (χ4n) is 1.04. The van der Waals surface area contributed by atoms with Crippen LogP contribution in [0, 0.1) is 6.92 Å². The molecule has 2 heterocycles. The van der Waals surface area contributed by atoms with Gasteiger partial charge in [-0.05, 0) is 13.0 Å². The zero-order valence-corrected chi connectivity index (χ0v) is 9.35. The number of thiophene rings is 1. The molecule has 0 saturated carbocycles. The highest BCUT2D eigenvalue weighted by Gasteiger charge is 2.10. The average molecular weight is 243 g/mol. The first kappa shape index (κ1) is 10.2. The molecule has 0 unspecified atom stereocenters. The summed E-state index contributed by atoms with van der Waals surface area (Å²) in [6.07, 6.45) is 0. The SMILES string of the molecule is Cc1cc(NC(=O)c2cc(Cl)cs2)no1. The number of carbonyl (C=O) groups is 1. The molecule has 0 aliphatic rings. The second-order valence-electron chi connectivity index (χ2n) is 2.91. The van der Waals surface area contributed by atoms with Gasteiger partial charge in [-0.15, -0.1) is 11.3 Å². The van der Waals surface area contributed by atoms with Crippen LogP contribution < -0.4 is 5.32 Å². The Labute approximate surface area is 94.8 Å². The number of nitrogens with zero attached hydrogens (tertiary/aromatic N) is 1. The zero-order valence-electron chi connectivity index (χ0n) is 7.78. The van der Waals surface area contributed by atoms with E-state index in [4.69, 9.17) is 16.1 Å². The minimum absolute atomic E-state index is 0.236. The second kappa shape index (κ2) is 4.04. The molecule has 0 spiro atoms. The molecule has 0 radical (unpaired) electrons. The number of anilines is 1. The molecule has 0 bridgehead atoms. The van der Waals surface area contributed by atoms with Crippen LogP contribution in [0.3, 0.4) is 0 Å². The number of carbonyl (C=O) groups excluding carboxylic acids is 1. The Morgan fingerprint density at radius 1 is 1.60 bits per heavy atom. The van der Waals surface area contributed by atoms with Crippen LogP contribution in [0.1, 0.15) is 15.4 Å². The van der Waals surface area contributed by atoms with Gasteiger partial charge >= 0.3 is 0 Å². The van der Waals surface area contributed by atoms with Crippen LogP contribution in [0.5, 0.6) is 0 Å². The number of nitrogens with one attached hydrogen (secondary N) is 1. The van der Waals surface area contributed by atoms with Crippen LogP contribution in [0.15, 0.2) is 22.0 Å². The summed E-state index contributed by atoms with van der Waals surface area (Å²) >= 11 is 6.99. The number of amides is 1. The Morgan fingerprint density at radius 2 is 2.40 bits per heavy atom. The van der Waals surface area contributed by atoms with Crippen molar-refractivity contribution in [1.29, 1.82) is 0 Å². The highest BCUT2D eigenvalue weighted by Crippen LogP contribution is 2.20. The number of rotatable bonds is 2. The van der Waals surface area contributed by atoms with Crippen molar-refractivity contribution in [2.45, 2.75) is 6.92 Å². The molecule has 2 rings (SSSR count). The van der Waals surface area contributed by atoms with Gasteiger partial charge in [-0.25, -0.2) is 0 Å². The van der Waals surface area contributed by atoms with Crippen molar-refractivity contribution in [2.24, 2.45) is 0 Å². The van der Waals surface area contributed by atoms with Crippen molar-refractivity contribution in [1.82, 2.24) is 5.16 Å². The second-order valence-corrected chi connectivity index (χ2v) is 4.25. The van der Waals surface area contributed by atoms with Gasteiger partial charge in [0.15, 0.2) is 5.82 Å². The maximum Gasteiger partial charge on any atom is 0.267 e. The highest BCUT2D eigenvalue weighted by atomic mass is 35.5.